The highest BCUT2D eigenvalue weighted by Gasteiger charge is 2.27. The first-order chi connectivity index (χ1) is 13.8. The number of carbonyl (C=O) groups is 2. The van der Waals surface area contributed by atoms with E-state index in [0.29, 0.717) is 37.4 Å². The van der Waals surface area contributed by atoms with Crippen LogP contribution in [0.25, 0.3) is 0 Å². The van der Waals surface area contributed by atoms with Gasteiger partial charge in [-0.1, -0.05) is 0 Å². The Bertz CT molecular complexity index is 1060. The van der Waals surface area contributed by atoms with E-state index in [4.69, 9.17) is 0 Å². The molecule has 2 aliphatic heterocycles. The maximum atomic E-state index is 12.8. The fourth-order valence-corrected chi connectivity index (χ4v) is 4.88. The fourth-order valence-electron chi connectivity index (χ4n) is 3.46. The van der Waals surface area contributed by atoms with Crippen molar-refractivity contribution in [3.05, 3.63) is 53.6 Å². The van der Waals surface area contributed by atoms with Crippen molar-refractivity contribution >= 4 is 33.2 Å². The van der Waals surface area contributed by atoms with E-state index < -0.39 is 10.0 Å². The molecule has 4 rings (SSSR count). The number of sulfonamides is 1. The van der Waals surface area contributed by atoms with Crippen LogP contribution in [0.3, 0.4) is 0 Å². The molecule has 9 heteroatoms. The van der Waals surface area contributed by atoms with E-state index in [2.05, 4.69) is 15.5 Å². The maximum absolute atomic E-state index is 12.8. The summed E-state index contributed by atoms with van der Waals surface area (Å²) in [6.07, 6.45) is 0.259. The minimum atomic E-state index is -3.54. The maximum Gasteiger partial charge on any atom is 0.255 e. The van der Waals surface area contributed by atoms with Crippen molar-refractivity contribution in [3.8, 4) is 0 Å². The molecule has 8 nitrogen and oxygen atoms in total. The predicted molar refractivity (Wildman–Crippen MR) is 109 cm³/mol. The molecule has 2 amide bonds. The van der Waals surface area contributed by atoms with E-state index in [1.807, 2.05) is 7.05 Å². The first kappa shape index (κ1) is 19.6. The lowest BCUT2D eigenvalue weighted by Crippen LogP contribution is -2.46. The second-order valence-electron chi connectivity index (χ2n) is 7.28. The molecular weight excluding hydrogens is 392 g/mol. The summed E-state index contributed by atoms with van der Waals surface area (Å²) in [6, 6.07) is 11.2. The van der Waals surface area contributed by atoms with Gasteiger partial charge in [0.2, 0.25) is 15.9 Å². The van der Waals surface area contributed by atoms with E-state index in [1.54, 1.807) is 30.3 Å². The van der Waals surface area contributed by atoms with E-state index >= 15 is 0 Å². The third-order valence-electron chi connectivity index (χ3n) is 5.20. The van der Waals surface area contributed by atoms with Gasteiger partial charge in [0.15, 0.2) is 0 Å². The van der Waals surface area contributed by atoms with Crippen molar-refractivity contribution < 1.29 is 18.0 Å². The van der Waals surface area contributed by atoms with Crippen LogP contribution >= 0.6 is 0 Å². The zero-order valence-electron chi connectivity index (χ0n) is 16.0. The smallest absolute Gasteiger partial charge is 0.255 e. The quantitative estimate of drug-likeness (QED) is 0.787. The SMILES string of the molecule is CN1CCN(S(=O)(=O)c2ccc(NC(=O)c3ccc4c(c3)CC(=O)N4)cc2)CC1. The van der Waals surface area contributed by atoms with E-state index in [1.165, 1.54) is 16.4 Å². The van der Waals surface area contributed by atoms with Gasteiger partial charge < -0.3 is 15.5 Å². The summed E-state index contributed by atoms with van der Waals surface area (Å²) in [7, 11) is -1.57. The Morgan fingerprint density at radius 2 is 1.72 bits per heavy atom. The van der Waals surface area contributed by atoms with E-state index in [-0.39, 0.29) is 23.1 Å². The van der Waals surface area contributed by atoms with Crippen molar-refractivity contribution in [1.82, 2.24) is 9.21 Å². The molecule has 2 N–H and O–H groups in total. The van der Waals surface area contributed by atoms with E-state index in [9.17, 15) is 18.0 Å². The van der Waals surface area contributed by atoms with Gasteiger partial charge in [0.25, 0.3) is 5.91 Å². The Hall–Kier alpha value is -2.75. The molecule has 1 fully saturated rings. The molecule has 2 aromatic carbocycles. The van der Waals surface area contributed by atoms with Gasteiger partial charge in [-0.3, -0.25) is 9.59 Å². The number of fused-ring (bicyclic) bond motifs is 1. The van der Waals surface area contributed by atoms with Crippen molar-refractivity contribution in [3.63, 3.8) is 0 Å². The highest BCUT2D eigenvalue weighted by Crippen LogP contribution is 2.25. The molecule has 0 aromatic heterocycles. The van der Waals surface area contributed by atoms with Crippen molar-refractivity contribution in [1.29, 1.82) is 0 Å². The Balaban J connectivity index is 1.45. The summed E-state index contributed by atoms with van der Waals surface area (Å²) in [4.78, 5) is 26.3. The number of nitrogens with one attached hydrogen (secondary N) is 2. The standard InChI is InChI=1S/C20H22N4O4S/c1-23-8-10-24(11-9-23)29(27,28)17-5-3-16(4-6-17)21-20(26)14-2-7-18-15(12-14)13-19(25)22-18/h2-7,12H,8-11,13H2,1H3,(H,21,26)(H,22,25). The lowest BCUT2D eigenvalue weighted by Gasteiger charge is -2.31. The normalized spacial score (nSPS) is 17.6. The number of likely N-dealkylation sites (N-methyl/N-ethyl adjacent to an activating group) is 1. The van der Waals surface area contributed by atoms with Crippen LogP contribution in [0, 0.1) is 0 Å². The van der Waals surface area contributed by atoms with Crippen molar-refractivity contribution in [2.45, 2.75) is 11.3 Å². The lowest BCUT2D eigenvalue weighted by atomic mass is 10.1. The van der Waals surface area contributed by atoms with Crippen LogP contribution < -0.4 is 10.6 Å². The first-order valence-corrected chi connectivity index (χ1v) is 10.8. The number of carbonyl (C=O) groups excluding carboxylic acids is 2. The van der Waals surface area contributed by atoms with Gasteiger partial charge in [-0.05, 0) is 55.1 Å². The van der Waals surface area contributed by atoms with Crippen molar-refractivity contribution in [2.24, 2.45) is 0 Å². The Labute approximate surface area is 169 Å². The summed E-state index contributed by atoms with van der Waals surface area (Å²) < 4.78 is 27.0. The van der Waals surface area contributed by atoms with E-state index in [0.717, 1.165) is 11.3 Å². The summed E-state index contributed by atoms with van der Waals surface area (Å²) >= 11 is 0. The molecule has 152 valence electrons. The zero-order valence-corrected chi connectivity index (χ0v) is 16.8. The Kier molecular flexibility index (Phi) is 5.12. The summed E-state index contributed by atoms with van der Waals surface area (Å²) in [5.41, 5.74) is 2.46. The number of hydrogen-bond acceptors (Lipinski definition) is 5. The molecule has 2 heterocycles. The molecule has 0 aliphatic carbocycles. The largest absolute Gasteiger partial charge is 0.326 e. The number of amides is 2. The van der Waals surface area contributed by atoms with Crippen LogP contribution in [-0.4, -0.2) is 62.7 Å². The molecule has 1 saturated heterocycles. The minimum Gasteiger partial charge on any atom is -0.326 e. The highest BCUT2D eigenvalue weighted by molar-refractivity contribution is 7.89. The number of piperazine rings is 1. The molecule has 29 heavy (non-hydrogen) atoms. The van der Waals surface area contributed by atoms with Gasteiger partial charge in [-0.15, -0.1) is 0 Å². The molecule has 0 atom stereocenters. The second kappa shape index (κ2) is 7.58. The second-order valence-corrected chi connectivity index (χ2v) is 9.22. The minimum absolute atomic E-state index is 0.0882. The third-order valence-corrected chi connectivity index (χ3v) is 7.12. The number of hydrogen-bond donors (Lipinski definition) is 2. The van der Waals surface area contributed by atoms with Gasteiger partial charge in [0.05, 0.1) is 11.3 Å². The fraction of sp³-hybridized carbons (Fsp3) is 0.300. The lowest BCUT2D eigenvalue weighted by molar-refractivity contribution is -0.115. The summed E-state index contributed by atoms with van der Waals surface area (Å²) in [6.45, 7) is 2.34. The van der Waals surface area contributed by atoms with Crippen LogP contribution in [0.1, 0.15) is 15.9 Å². The van der Waals surface area contributed by atoms with Gasteiger partial charge in [0, 0.05) is 43.1 Å². The Morgan fingerprint density at radius 3 is 2.41 bits per heavy atom. The summed E-state index contributed by atoms with van der Waals surface area (Å²) in [5.74, 6) is -0.406. The number of nitrogens with zero attached hydrogens (tertiary/aromatic N) is 2. The third kappa shape index (κ3) is 4.02. The average molecular weight is 414 g/mol. The number of anilines is 2. The molecule has 2 aliphatic rings. The van der Waals surface area contributed by atoms with Gasteiger partial charge in [0.1, 0.15) is 0 Å². The number of benzene rings is 2. The monoisotopic (exact) mass is 414 g/mol. The van der Waals surface area contributed by atoms with Crippen LogP contribution in [0.4, 0.5) is 11.4 Å². The highest BCUT2D eigenvalue weighted by atomic mass is 32.2. The molecule has 0 radical (unpaired) electrons. The van der Waals surface area contributed by atoms with Gasteiger partial charge >= 0.3 is 0 Å². The van der Waals surface area contributed by atoms with Crippen LogP contribution in [-0.2, 0) is 21.2 Å². The number of rotatable bonds is 4. The van der Waals surface area contributed by atoms with Gasteiger partial charge in [-0.25, -0.2) is 8.42 Å². The Morgan fingerprint density at radius 1 is 1.03 bits per heavy atom. The van der Waals surface area contributed by atoms with Crippen LogP contribution in [0.15, 0.2) is 47.4 Å². The molecular formula is C20H22N4O4S. The van der Waals surface area contributed by atoms with Gasteiger partial charge in [-0.2, -0.15) is 4.31 Å². The molecule has 2 aromatic rings. The molecule has 0 saturated carbocycles. The average Bonchev–Trinajstić information content (AvgIpc) is 3.08. The topological polar surface area (TPSA) is 98.8 Å². The molecule has 0 unspecified atom stereocenters. The predicted octanol–water partition coefficient (Wildman–Crippen LogP) is 1.37. The zero-order chi connectivity index (χ0) is 20.6. The van der Waals surface area contributed by atoms with Crippen LogP contribution in [0.2, 0.25) is 0 Å². The van der Waals surface area contributed by atoms with Crippen LogP contribution in [0.5, 0.6) is 0 Å². The molecule has 0 bridgehead atoms. The summed E-state index contributed by atoms with van der Waals surface area (Å²) in [5, 5.41) is 5.49. The van der Waals surface area contributed by atoms with Crippen molar-refractivity contribution in [2.75, 3.05) is 43.9 Å². The first-order valence-electron chi connectivity index (χ1n) is 9.36. The molecule has 0 spiro atoms.